The second-order valence-corrected chi connectivity index (χ2v) is 6.71. The quantitative estimate of drug-likeness (QED) is 0.852. The summed E-state index contributed by atoms with van der Waals surface area (Å²) in [5.74, 6) is -1.39. The van der Waals surface area contributed by atoms with E-state index in [1.165, 1.54) is 6.07 Å². The van der Waals surface area contributed by atoms with E-state index in [4.69, 9.17) is 10.2 Å². The van der Waals surface area contributed by atoms with E-state index in [1.807, 2.05) is 0 Å². The van der Waals surface area contributed by atoms with E-state index < -0.39 is 15.8 Å². The first-order chi connectivity index (χ1) is 8.29. The number of benzene rings is 1. The van der Waals surface area contributed by atoms with Crippen LogP contribution in [-0.4, -0.2) is 37.0 Å². The number of halogens is 1. The Kier molecular flexibility index (Phi) is 4.89. The Morgan fingerprint density at radius 2 is 2.00 bits per heavy atom. The maximum atomic E-state index is 12.0. The van der Waals surface area contributed by atoms with E-state index >= 15 is 0 Å². The summed E-state index contributed by atoms with van der Waals surface area (Å²) in [4.78, 5) is 10.9. The van der Waals surface area contributed by atoms with E-state index in [-0.39, 0.29) is 29.2 Å². The van der Waals surface area contributed by atoms with Crippen LogP contribution in [0.1, 0.15) is 22.3 Å². The molecule has 0 aromatic heterocycles. The molecule has 5 nitrogen and oxygen atoms in total. The van der Waals surface area contributed by atoms with Crippen molar-refractivity contribution < 1.29 is 23.4 Å². The highest BCUT2D eigenvalue weighted by Gasteiger charge is 2.20. The first-order valence-corrected chi connectivity index (χ1v) is 7.61. The number of hydrogen-bond donors (Lipinski definition) is 2. The topological polar surface area (TPSA) is 91.7 Å². The molecule has 0 aliphatic rings. The molecule has 1 rings (SSSR count). The molecule has 0 spiro atoms. The molecule has 0 saturated heterocycles. The van der Waals surface area contributed by atoms with Gasteiger partial charge in [0.2, 0.25) is 0 Å². The van der Waals surface area contributed by atoms with E-state index in [1.54, 1.807) is 6.92 Å². The van der Waals surface area contributed by atoms with Gasteiger partial charge in [0, 0.05) is 11.1 Å². The lowest BCUT2D eigenvalue weighted by Gasteiger charge is -2.10. The van der Waals surface area contributed by atoms with E-state index in [9.17, 15) is 13.2 Å². The lowest BCUT2D eigenvalue weighted by atomic mass is 10.1. The predicted molar refractivity (Wildman–Crippen MR) is 69.6 cm³/mol. The number of carboxylic acid groups (broad SMARTS) is 1. The summed E-state index contributed by atoms with van der Waals surface area (Å²) in [6.45, 7) is 1.37. The summed E-state index contributed by atoms with van der Waals surface area (Å²) in [5.41, 5.74) is 0.382. The summed E-state index contributed by atoms with van der Waals surface area (Å²) in [7, 11) is -3.58. The Morgan fingerprint density at radius 3 is 2.50 bits per heavy atom. The van der Waals surface area contributed by atoms with Crippen molar-refractivity contribution in [2.75, 3.05) is 12.4 Å². The molecule has 0 fully saturated rings. The minimum Gasteiger partial charge on any atom is -0.478 e. The lowest BCUT2D eigenvalue weighted by molar-refractivity contribution is 0.0696. The number of carbonyl (C=O) groups is 1. The minimum atomic E-state index is -3.58. The number of aliphatic hydroxyl groups excluding tert-OH is 1. The van der Waals surface area contributed by atoms with Gasteiger partial charge in [0.25, 0.3) is 0 Å². The van der Waals surface area contributed by atoms with Crippen molar-refractivity contribution in [3.05, 3.63) is 27.7 Å². The fraction of sp³-hybridized carbons (Fsp3) is 0.364. The van der Waals surface area contributed by atoms with Gasteiger partial charge in [-0.25, -0.2) is 13.2 Å². The molecule has 0 bridgehead atoms. The third-order valence-corrected chi connectivity index (χ3v) is 5.19. The first kappa shape index (κ1) is 15.1. The molecular formula is C11H13BrO5S. The number of hydrogen-bond acceptors (Lipinski definition) is 4. The second kappa shape index (κ2) is 5.81. The third-order valence-electron chi connectivity index (χ3n) is 2.45. The molecule has 0 saturated carbocycles. The van der Waals surface area contributed by atoms with Crippen LogP contribution in [0.2, 0.25) is 0 Å². The Hall–Kier alpha value is -0.920. The summed E-state index contributed by atoms with van der Waals surface area (Å²) in [6.07, 6.45) is 0.122. The zero-order chi connectivity index (χ0) is 13.9. The van der Waals surface area contributed by atoms with Crippen LogP contribution in [0.5, 0.6) is 0 Å². The summed E-state index contributed by atoms with van der Waals surface area (Å²) >= 11 is 3.15. The van der Waals surface area contributed by atoms with Crippen LogP contribution in [0, 0.1) is 6.92 Å². The molecule has 18 heavy (non-hydrogen) atoms. The molecule has 0 aliphatic carbocycles. The average Bonchev–Trinajstić information content (AvgIpc) is 2.29. The fourth-order valence-corrected chi connectivity index (χ4v) is 3.67. The monoisotopic (exact) mass is 336 g/mol. The molecule has 1 aromatic rings. The minimum absolute atomic E-state index is 0.0114. The number of sulfone groups is 1. The molecule has 0 aliphatic heterocycles. The normalized spacial score (nSPS) is 11.5. The van der Waals surface area contributed by atoms with Crippen molar-refractivity contribution in [1.29, 1.82) is 0 Å². The average molecular weight is 337 g/mol. The number of rotatable bonds is 5. The fourth-order valence-electron chi connectivity index (χ4n) is 1.46. The second-order valence-electron chi connectivity index (χ2n) is 3.78. The molecule has 0 radical (unpaired) electrons. The Labute approximate surface area is 113 Å². The van der Waals surface area contributed by atoms with Gasteiger partial charge in [-0.1, -0.05) is 15.9 Å². The van der Waals surface area contributed by atoms with Gasteiger partial charge in [0.15, 0.2) is 9.84 Å². The van der Waals surface area contributed by atoms with Crippen molar-refractivity contribution >= 4 is 31.7 Å². The van der Waals surface area contributed by atoms with Crippen LogP contribution < -0.4 is 0 Å². The molecule has 0 unspecified atom stereocenters. The number of aliphatic hydroxyl groups is 1. The van der Waals surface area contributed by atoms with Gasteiger partial charge in [-0.15, -0.1) is 0 Å². The van der Waals surface area contributed by atoms with Crippen molar-refractivity contribution in [2.24, 2.45) is 0 Å². The molecule has 1 aromatic carbocycles. The predicted octanol–water partition coefficient (Wildman–Crippen LogP) is 1.61. The zero-order valence-electron chi connectivity index (χ0n) is 9.68. The van der Waals surface area contributed by atoms with Crippen LogP contribution in [0.4, 0.5) is 0 Å². The largest absolute Gasteiger partial charge is 0.478 e. The molecule has 0 heterocycles. The van der Waals surface area contributed by atoms with E-state index in [0.717, 1.165) is 6.07 Å². The van der Waals surface area contributed by atoms with Gasteiger partial charge in [-0.2, -0.15) is 0 Å². The summed E-state index contributed by atoms with van der Waals surface area (Å²) in [6, 6.07) is 2.51. The van der Waals surface area contributed by atoms with Crippen LogP contribution >= 0.6 is 15.9 Å². The smallest absolute Gasteiger partial charge is 0.335 e. The van der Waals surface area contributed by atoms with Crippen LogP contribution in [-0.2, 0) is 9.84 Å². The standard InChI is InChI=1S/C11H13BrO5S/c1-7-9(12)5-8(11(14)15)6-10(7)18(16,17)4-2-3-13/h5-6,13H,2-4H2,1H3,(H,14,15). The highest BCUT2D eigenvalue weighted by atomic mass is 79.9. The van der Waals surface area contributed by atoms with Gasteiger partial charge in [-0.05, 0) is 31.0 Å². The van der Waals surface area contributed by atoms with Gasteiger partial charge in [0.1, 0.15) is 0 Å². The molecule has 7 heteroatoms. The van der Waals surface area contributed by atoms with Gasteiger partial charge in [-0.3, -0.25) is 0 Å². The first-order valence-electron chi connectivity index (χ1n) is 5.16. The van der Waals surface area contributed by atoms with Gasteiger partial charge in [0.05, 0.1) is 16.2 Å². The van der Waals surface area contributed by atoms with Crippen LogP contribution in [0.25, 0.3) is 0 Å². The van der Waals surface area contributed by atoms with Crippen molar-refractivity contribution in [2.45, 2.75) is 18.2 Å². The highest BCUT2D eigenvalue weighted by Crippen LogP contribution is 2.27. The van der Waals surface area contributed by atoms with Crippen molar-refractivity contribution in [3.8, 4) is 0 Å². The number of aromatic carboxylic acids is 1. The van der Waals surface area contributed by atoms with Crippen molar-refractivity contribution in [1.82, 2.24) is 0 Å². The van der Waals surface area contributed by atoms with E-state index in [2.05, 4.69) is 15.9 Å². The number of carboxylic acids is 1. The molecular weight excluding hydrogens is 324 g/mol. The van der Waals surface area contributed by atoms with Gasteiger partial charge >= 0.3 is 5.97 Å². The van der Waals surface area contributed by atoms with Crippen LogP contribution in [0.3, 0.4) is 0 Å². The summed E-state index contributed by atoms with van der Waals surface area (Å²) in [5, 5.41) is 17.6. The zero-order valence-corrected chi connectivity index (χ0v) is 12.1. The van der Waals surface area contributed by atoms with Crippen LogP contribution in [0.15, 0.2) is 21.5 Å². The van der Waals surface area contributed by atoms with Crippen molar-refractivity contribution in [3.63, 3.8) is 0 Å². The maximum Gasteiger partial charge on any atom is 0.335 e. The lowest BCUT2D eigenvalue weighted by Crippen LogP contribution is -2.11. The summed E-state index contributed by atoms with van der Waals surface area (Å²) < 4.78 is 24.5. The Morgan fingerprint density at radius 1 is 1.39 bits per heavy atom. The third kappa shape index (κ3) is 3.30. The van der Waals surface area contributed by atoms with Gasteiger partial charge < -0.3 is 10.2 Å². The van der Waals surface area contributed by atoms with E-state index in [0.29, 0.717) is 10.0 Å². The highest BCUT2D eigenvalue weighted by molar-refractivity contribution is 9.10. The SMILES string of the molecule is Cc1c(Br)cc(C(=O)O)cc1S(=O)(=O)CCCO. The Bertz CT molecular complexity index is 565. The molecule has 100 valence electrons. The molecule has 0 atom stereocenters. The Balaban J connectivity index is 3.35. The maximum absolute atomic E-state index is 12.0. The molecule has 0 amide bonds. The molecule has 2 N–H and O–H groups in total.